The van der Waals surface area contributed by atoms with Gasteiger partial charge < -0.3 is 25.7 Å². The summed E-state index contributed by atoms with van der Waals surface area (Å²) in [6.45, 7) is 5.65. The van der Waals surface area contributed by atoms with Crippen LogP contribution in [0.5, 0.6) is 0 Å². The molecule has 2 aliphatic carbocycles. The summed E-state index contributed by atoms with van der Waals surface area (Å²) in [7, 11) is 1.37. The Morgan fingerprint density at radius 2 is 1.76 bits per heavy atom. The standard InChI is InChI=1S/C37H44ClN5O6/c1-36(2,3)31(41-32(45)26-17-25(26)22-9-6-5-7-10-22)35(48)43-20-37(18-28(42-49-37)23-11-8-12-24(38)16-23)19-29(43)33(46)40-27(15-21-13-14-21)30(44)34(47)39-4/h5-12,16,21,25-27,29,31H,13-15,17-20H2,1-4H3,(H,39,47)(H,40,46)(H,41,45)/t25-,26-,27+,29+,31-,37-/m1/s1. The topological polar surface area (TPSA) is 146 Å². The van der Waals surface area contributed by atoms with Crippen molar-refractivity contribution < 1.29 is 28.8 Å². The van der Waals surface area contributed by atoms with Crippen molar-refractivity contribution in [3.05, 3.63) is 70.7 Å². The lowest BCUT2D eigenvalue weighted by Crippen LogP contribution is -2.59. The van der Waals surface area contributed by atoms with Gasteiger partial charge in [0.2, 0.25) is 23.5 Å². The maximum absolute atomic E-state index is 14.6. The van der Waals surface area contributed by atoms with Gasteiger partial charge in [0, 0.05) is 36.4 Å². The Bertz CT molecular complexity index is 1670. The van der Waals surface area contributed by atoms with Gasteiger partial charge in [0.15, 0.2) is 5.60 Å². The van der Waals surface area contributed by atoms with Gasteiger partial charge in [0.25, 0.3) is 5.91 Å². The zero-order valence-corrected chi connectivity index (χ0v) is 29.1. The summed E-state index contributed by atoms with van der Waals surface area (Å²) in [4.78, 5) is 75.3. The normalized spacial score (nSPS) is 25.5. The molecule has 4 amide bonds. The Kier molecular flexibility index (Phi) is 9.59. The minimum absolute atomic E-state index is 0.0344. The number of likely N-dealkylation sites (N-methyl/N-ethyl adjacent to an activating group) is 1. The number of oxime groups is 1. The van der Waals surface area contributed by atoms with Crippen LogP contribution in [-0.4, -0.2) is 77.3 Å². The van der Waals surface area contributed by atoms with E-state index in [0.29, 0.717) is 30.0 Å². The number of nitrogens with one attached hydrogen (secondary N) is 3. The zero-order chi connectivity index (χ0) is 35.1. The Morgan fingerprint density at radius 1 is 1.02 bits per heavy atom. The molecule has 0 radical (unpaired) electrons. The van der Waals surface area contributed by atoms with E-state index in [9.17, 15) is 24.0 Å². The molecule has 6 rings (SSSR count). The highest BCUT2D eigenvalue weighted by molar-refractivity contribution is 6.38. The predicted octanol–water partition coefficient (Wildman–Crippen LogP) is 3.74. The lowest BCUT2D eigenvalue weighted by molar-refractivity contribution is -0.145. The summed E-state index contributed by atoms with van der Waals surface area (Å²) in [6, 6.07) is 14.0. The van der Waals surface area contributed by atoms with Crippen LogP contribution in [0.1, 0.15) is 76.3 Å². The van der Waals surface area contributed by atoms with Crippen LogP contribution < -0.4 is 16.0 Å². The summed E-state index contributed by atoms with van der Waals surface area (Å²) < 4.78 is 0. The van der Waals surface area contributed by atoms with E-state index in [2.05, 4.69) is 21.1 Å². The van der Waals surface area contributed by atoms with Crippen molar-refractivity contribution in [1.29, 1.82) is 0 Å². The third-order valence-corrected chi connectivity index (χ3v) is 10.3. The number of rotatable bonds is 11. The van der Waals surface area contributed by atoms with Crippen molar-refractivity contribution in [3.63, 3.8) is 0 Å². The maximum atomic E-state index is 14.6. The summed E-state index contributed by atoms with van der Waals surface area (Å²) in [5.74, 6) is -2.64. The number of benzene rings is 2. The minimum Gasteiger partial charge on any atom is -0.387 e. The van der Waals surface area contributed by atoms with Gasteiger partial charge in [-0.1, -0.05) is 92.8 Å². The van der Waals surface area contributed by atoms with Gasteiger partial charge in [-0.15, -0.1) is 0 Å². The minimum atomic E-state index is -1.04. The first-order valence-electron chi connectivity index (χ1n) is 17.0. The second-order valence-corrected chi connectivity index (χ2v) is 15.5. The molecule has 6 atom stereocenters. The fraction of sp³-hybridized carbons (Fsp3) is 0.514. The van der Waals surface area contributed by atoms with Crippen LogP contribution in [0, 0.1) is 17.3 Å². The number of nitrogens with zero attached hydrogens (tertiary/aromatic N) is 2. The number of ketones is 1. The lowest BCUT2D eigenvalue weighted by Gasteiger charge is -2.35. The number of hydrogen-bond acceptors (Lipinski definition) is 7. The average molecular weight is 690 g/mol. The molecule has 3 fully saturated rings. The molecule has 2 aliphatic heterocycles. The Hall–Kier alpha value is -4.25. The van der Waals surface area contributed by atoms with Gasteiger partial charge in [-0.3, -0.25) is 24.0 Å². The van der Waals surface area contributed by atoms with Crippen LogP contribution in [0.4, 0.5) is 0 Å². The zero-order valence-electron chi connectivity index (χ0n) is 28.3. The van der Waals surface area contributed by atoms with Gasteiger partial charge >= 0.3 is 0 Å². The molecule has 260 valence electrons. The molecule has 49 heavy (non-hydrogen) atoms. The molecular weight excluding hydrogens is 646 g/mol. The number of amides is 4. The van der Waals surface area contributed by atoms with Crippen molar-refractivity contribution in [2.24, 2.45) is 22.4 Å². The van der Waals surface area contributed by atoms with Crippen molar-refractivity contribution >= 4 is 46.7 Å². The first-order valence-corrected chi connectivity index (χ1v) is 17.4. The Morgan fingerprint density at radius 3 is 2.41 bits per heavy atom. The highest BCUT2D eigenvalue weighted by Crippen LogP contribution is 2.48. The van der Waals surface area contributed by atoms with Crippen LogP contribution in [0.15, 0.2) is 59.8 Å². The van der Waals surface area contributed by atoms with Crippen LogP contribution in [0.2, 0.25) is 5.02 Å². The largest absolute Gasteiger partial charge is 0.387 e. The first-order chi connectivity index (χ1) is 23.3. The van der Waals surface area contributed by atoms with Gasteiger partial charge in [-0.25, -0.2) is 0 Å². The van der Waals surface area contributed by atoms with Crippen molar-refractivity contribution in [1.82, 2.24) is 20.9 Å². The monoisotopic (exact) mass is 689 g/mol. The number of Topliss-reactive ketones (excluding diaryl/α,β-unsaturated/α-hetero) is 1. The number of halogens is 1. The molecule has 1 spiro atoms. The molecule has 0 aromatic heterocycles. The van der Waals surface area contributed by atoms with E-state index >= 15 is 0 Å². The van der Waals surface area contributed by atoms with Gasteiger partial charge in [-0.05, 0) is 47.8 Å². The van der Waals surface area contributed by atoms with Crippen LogP contribution in [-0.2, 0) is 28.8 Å². The molecule has 2 heterocycles. The second-order valence-electron chi connectivity index (χ2n) is 15.0. The van der Waals surface area contributed by atoms with Crippen LogP contribution >= 0.6 is 11.6 Å². The van der Waals surface area contributed by atoms with Gasteiger partial charge in [0.05, 0.1) is 18.3 Å². The quantitative estimate of drug-likeness (QED) is 0.307. The molecule has 2 saturated carbocycles. The molecule has 11 nitrogen and oxygen atoms in total. The summed E-state index contributed by atoms with van der Waals surface area (Å²) in [5.41, 5.74) is 0.767. The maximum Gasteiger partial charge on any atom is 0.289 e. The Balaban J connectivity index is 1.25. The van der Waals surface area contributed by atoms with Crippen molar-refractivity contribution in [2.45, 2.75) is 88.9 Å². The Labute approximate surface area is 291 Å². The van der Waals surface area contributed by atoms with E-state index in [-0.39, 0.29) is 36.6 Å². The molecule has 0 unspecified atom stereocenters. The van der Waals surface area contributed by atoms with Gasteiger partial charge in [0.1, 0.15) is 12.1 Å². The molecule has 12 heteroatoms. The molecule has 1 saturated heterocycles. The third kappa shape index (κ3) is 7.66. The lowest BCUT2D eigenvalue weighted by atomic mass is 9.85. The van der Waals surface area contributed by atoms with E-state index in [4.69, 9.17) is 16.4 Å². The number of hydrogen-bond donors (Lipinski definition) is 3. The SMILES string of the molecule is CNC(=O)C(=O)[C@H](CC1CC1)NC(=O)[C@@H]1C[C@]2(CC(c3cccc(Cl)c3)=NO2)CN1C(=O)[C@@H](NC(=O)[C@@H]1C[C@@H]1c1ccccc1)C(C)(C)C. The van der Waals surface area contributed by atoms with Crippen molar-refractivity contribution in [2.75, 3.05) is 13.6 Å². The summed E-state index contributed by atoms with van der Waals surface area (Å²) in [6.07, 6.45) is 3.29. The summed E-state index contributed by atoms with van der Waals surface area (Å²) >= 11 is 6.25. The van der Waals surface area contributed by atoms with E-state index in [1.54, 1.807) is 12.1 Å². The van der Waals surface area contributed by atoms with E-state index in [1.165, 1.54) is 11.9 Å². The van der Waals surface area contributed by atoms with Gasteiger partial charge in [-0.2, -0.15) is 0 Å². The fourth-order valence-electron chi connectivity index (χ4n) is 7.04. The van der Waals surface area contributed by atoms with E-state index < -0.39 is 52.6 Å². The molecular formula is C37H44ClN5O6. The molecule has 4 aliphatic rings. The third-order valence-electron chi connectivity index (χ3n) is 10.1. The highest BCUT2D eigenvalue weighted by Gasteiger charge is 2.56. The fourth-order valence-corrected chi connectivity index (χ4v) is 7.23. The predicted molar refractivity (Wildman–Crippen MR) is 184 cm³/mol. The summed E-state index contributed by atoms with van der Waals surface area (Å²) in [5, 5.41) is 13.1. The highest BCUT2D eigenvalue weighted by atomic mass is 35.5. The van der Waals surface area contributed by atoms with E-state index in [0.717, 1.165) is 24.0 Å². The molecule has 0 bridgehead atoms. The first kappa shape index (κ1) is 34.6. The van der Waals surface area contributed by atoms with Crippen LogP contribution in [0.3, 0.4) is 0 Å². The van der Waals surface area contributed by atoms with Crippen molar-refractivity contribution in [3.8, 4) is 0 Å². The number of likely N-dealkylation sites (tertiary alicyclic amines) is 1. The van der Waals surface area contributed by atoms with Crippen LogP contribution in [0.25, 0.3) is 0 Å². The average Bonchev–Trinajstić information content (AvgIpc) is 4.00. The number of carbonyl (C=O) groups excluding carboxylic acids is 5. The molecule has 2 aromatic rings. The smallest absolute Gasteiger partial charge is 0.289 e. The second kappa shape index (κ2) is 13.6. The molecule has 2 aromatic carbocycles. The molecule has 3 N–H and O–H groups in total. The number of carbonyl (C=O) groups is 5. The van der Waals surface area contributed by atoms with E-state index in [1.807, 2.05) is 63.2 Å².